The van der Waals surface area contributed by atoms with Crippen LogP contribution in [0.1, 0.15) is 29.5 Å². The van der Waals surface area contributed by atoms with E-state index in [0.29, 0.717) is 5.75 Å². The van der Waals surface area contributed by atoms with Gasteiger partial charge in [-0.25, -0.2) is 0 Å². The molecule has 0 radical (unpaired) electrons. The number of aromatic nitrogens is 1. The summed E-state index contributed by atoms with van der Waals surface area (Å²) in [7, 11) is 0. The summed E-state index contributed by atoms with van der Waals surface area (Å²) < 4.78 is 2.21. The highest BCUT2D eigenvalue weighted by Gasteiger charge is 2.40. The minimum absolute atomic E-state index is 0.309. The van der Waals surface area contributed by atoms with Gasteiger partial charge >= 0.3 is 0 Å². The average molecular weight is 389 g/mol. The highest BCUT2D eigenvalue weighted by Crippen LogP contribution is 2.47. The minimum Gasteiger partial charge on any atom is -0.506 e. The highest BCUT2D eigenvalue weighted by molar-refractivity contribution is 6.08. The first-order valence-electron chi connectivity index (χ1n) is 10.6. The zero-order valence-corrected chi connectivity index (χ0v) is 16.8. The van der Waals surface area contributed by atoms with Crippen molar-refractivity contribution in [2.75, 3.05) is 0 Å². The number of fused-ring (bicyclic) bond motifs is 5. The highest BCUT2D eigenvalue weighted by atomic mass is 16.3. The van der Waals surface area contributed by atoms with E-state index in [9.17, 15) is 5.11 Å². The molecule has 0 amide bonds. The summed E-state index contributed by atoms with van der Waals surface area (Å²) in [5.74, 6) is 0.309. The van der Waals surface area contributed by atoms with Gasteiger partial charge in [0.25, 0.3) is 0 Å². The molecule has 0 saturated heterocycles. The molecule has 1 heterocycles. The summed E-state index contributed by atoms with van der Waals surface area (Å²) in [6, 6.07) is 30.3. The molecule has 1 atom stereocenters. The van der Waals surface area contributed by atoms with Crippen molar-refractivity contribution in [3.63, 3.8) is 0 Å². The quantitative estimate of drug-likeness (QED) is 0.337. The summed E-state index contributed by atoms with van der Waals surface area (Å²) >= 11 is 0. The number of nitrogens with zero attached hydrogens (tertiary/aromatic N) is 1. The van der Waals surface area contributed by atoms with Crippen molar-refractivity contribution in [1.29, 1.82) is 0 Å². The lowest BCUT2D eigenvalue weighted by Gasteiger charge is -2.42. The van der Waals surface area contributed by atoms with E-state index in [4.69, 9.17) is 0 Å². The summed E-state index contributed by atoms with van der Waals surface area (Å²) in [5, 5.41) is 15.4. The van der Waals surface area contributed by atoms with Gasteiger partial charge in [0, 0.05) is 12.4 Å². The Morgan fingerprint density at radius 3 is 2.37 bits per heavy atom. The number of hydrogen-bond acceptors (Lipinski definition) is 1. The van der Waals surface area contributed by atoms with Crippen LogP contribution >= 0.6 is 0 Å². The van der Waals surface area contributed by atoms with Crippen LogP contribution in [-0.2, 0) is 12.0 Å². The van der Waals surface area contributed by atoms with Gasteiger partial charge in [0.1, 0.15) is 5.75 Å². The lowest BCUT2D eigenvalue weighted by atomic mass is 9.71. The molecule has 2 nitrogen and oxygen atoms in total. The van der Waals surface area contributed by atoms with Crippen LogP contribution in [0.2, 0.25) is 0 Å². The third-order valence-corrected chi connectivity index (χ3v) is 6.82. The monoisotopic (exact) mass is 389 g/mol. The van der Waals surface area contributed by atoms with Crippen LogP contribution in [-0.4, -0.2) is 9.67 Å². The molecule has 0 saturated carbocycles. The fourth-order valence-corrected chi connectivity index (χ4v) is 5.52. The Balaban J connectivity index is 1.70. The normalized spacial score (nSPS) is 18.5. The molecule has 146 valence electrons. The molecule has 6 rings (SSSR count). The molecular weight excluding hydrogens is 366 g/mol. The Labute approximate surface area is 176 Å². The minimum atomic E-state index is -0.310. The average Bonchev–Trinajstić information content (AvgIpc) is 3.25. The second-order valence-electron chi connectivity index (χ2n) is 8.33. The van der Waals surface area contributed by atoms with Crippen molar-refractivity contribution >= 4 is 21.5 Å². The molecule has 0 fully saturated rings. The second kappa shape index (κ2) is 6.50. The number of aromatic hydroxyl groups is 1. The van der Waals surface area contributed by atoms with Gasteiger partial charge in [-0.2, -0.15) is 0 Å². The third-order valence-electron chi connectivity index (χ3n) is 6.82. The van der Waals surface area contributed by atoms with Crippen molar-refractivity contribution in [2.45, 2.75) is 24.8 Å². The van der Waals surface area contributed by atoms with E-state index in [-0.39, 0.29) is 5.54 Å². The predicted molar refractivity (Wildman–Crippen MR) is 123 cm³/mol. The molecule has 0 bridgehead atoms. The van der Waals surface area contributed by atoms with Crippen molar-refractivity contribution in [3.8, 4) is 5.75 Å². The maximum atomic E-state index is 10.2. The van der Waals surface area contributed by atoms with Crippen LogP contribution in [0, 0.1) is 0 Å². The summed E-state index contributed by atoms with van der Waals surface area (Å²) in [6.45, 7) is 0. The van der Waals surface area contributed by atoms with Gasteiger partial charge in [-0.3, -0.25) is 0 Å². The third kappa shape index (κ3) is 2.37. The molecular formula is C28H23NO. The second-order valence-corrected chi connectivity index (χ2v) is 8.33. The molecule has 30 heavy (non-hydrogen) atoms. The van der Waals surface area contributed by atoms with Gasteiger partial charge in [0.2, 0.25) is 0 Å². The molecule has 0 spiro atoms. The maximum absolute atomic E-state index is 10.2. The van der Waals surface area contributed by atoms with Crippen molar-refractivity contribution in [2.24, 2.45) is 0 Å². The number of aryl methyl sites for hydroxylation is 1. The van der Waals surface area contributed by atoms with E-state index in [1.807, 2.05) is 12.4 Å². The lowest BCUT2D eigenvalue weighted by molar-refractivity contribution is 0.363. The first-order valence-corrected chi connectivity index (χ1v) is 10.6. The smallest absolute Gasteiger partial charge is 0.133 e. The zero-order chi connectivity index (χ0) is 20.1. The molecule has 2 heteroatoms. The Bertz CT molecular complexity index is 1380. The van der Waals surface area contributed by atoms with Crippen molar-refractivity contribution in [3.05, 3.63) is 114 Å². The fraction of sp³-hybridized carbons (Fsp3) is 0.143. The summed E-state index contributed by atoms with van der Waals surface area (Å²) in [5.41, 5.74) is 3.73. The predicted octanol–water partition coefficient (Wildman–Crippen LogP) is 6.63. The van der Waals surface area contributed by atoms with Crippen LogP contribution in [0.4, 0.5) is 0 Å². The van der Waals surface area contributed by atoms with Crippen LogP contribution in [0.25, 0.3) is 21.5 Å². The Kier molecular flexibility index (Phi) is 3.76. The molecule has 1 aromatic heterocycles. The van der Waals surface area contributed by atoms with Gasteiger partial charge in [-0.15, -0.1) is 0 Å². The molecule has 0 aliphatic heterocycles. The van der Waals surface area contributed by atoms with Gasteiger partial charge in [-0.05, 0) is 63.6 Å². The first-order chi connectivity index (χ1) is 14.8. The molecule has 5 aromatic rings. The van der Waals surface area contributed by atoms with Gasteiger partial charge in [0.15, 0.2) is 0 Å². The Hall–Kier alpha value is -3.52. The summed E-state index contributed by atoms with van der Waals surface area (Å²) in [4.78, 5) is 0. The molecule has 4 aromatic carbocycles. The molecule has 1 N–H and O–H groups in total. The maximum Gasteiger partial charge on any atom is 0.133 e. The van der Waals surface area contributed by atoms with E-state index in [1.165, 1.54) is 38.2 Å². The van der Waals surface area contributed by atoms with E-state index in [2.05, 4.69) is 83.4 Å². The van der Waals surface area contributed by atoms with Gasteiger partial charge in [-0.1, -0.05) is 78.9 Å². The van der Waals surface area contributed by atoms with Gasteiger partial charge in [0.05, 0.1) is 5.54 Å². The summed E-state index contributed by atoms with van der Waals surface area (Å²) in [6.07, 6.45) is 7.07. The molecule has 1 aliphatic rings. The van der Waals surface area contributed by atoms with Gasteiger partial charge < -0.3 is 9.67 Å². The van der Waals surface area contributed by atoms with E-state index in [1.54, 1.807) is 6.07 Å². The lowest BCUT2D eigenvalue weighted by Crippen LogP contribution is -2.39. The van der Waals surface area contributed by atoms with Crippen molar-refractivity contribution < 1.29 is 5.11 Å². The Morgan fingerprint density at radius 2 is 1.53 bits per heavy atom. The van der Waals surface area contributed by atoms with E-state index in [0.717, 1.165) is 19.3 Å². The van der Waals surface area contributed by atoms with Crippen LogP contribution in [0.15, 0.2) is 97.3 Å². The standard InChI is InChI=1S/C28H23NO/c30-22-16-18-29(19-22)28(21-8-2-1-3-9-21)17-6-11-26-25-13-12-20-7-4-5-10-23(20)24(25)14-15-27(26)28/h1-5,7-10,12-16,18-19,30H,6,11,17H2. The van der Waals surface area contributed by atoms with Crippen LogP contribution < -0.4 is 0 Å². The largest absolute Gasteiger partial charge is 0.506 e. The van der Waals surface area contributed by atoms with Crippen LogP contribution in [0.3, 0.4) is 0 Å². The first kappa shape index (κ1) is 17.3. The number of rotatable bonds is 2. The molecule has 1 unspecified atom stereocenters. The number of hydrogen-bond donors (Lipinski definition) is 1. The van der Waals surface area contributed by atoms with Crippen LogP contribution in [0.5, 0.6) is 5.75 Å². The fourth-order valence-electron chi connectivity index (χ4n) is 5.52. The number of benzene rings is 4. The molecule has 1 aliphatic carbocycles. The van der Waals surface area contributed by atoms with E-state index < -0.39 is 0 Å². The Morgan fingerprint density at radius 1 is 0.733 bits per heavy atom. The topological polar surface area (TPSA) is 25.2 Å². The van der Waals surface area contributed by atoms with Crippen molar-refractivity contribution in [1.82, 2.24) is 4.57 Å². The zero-order valence-electron chi connectivity index (χ0n) is 16.8. The SMILES string of the molecule is Oc1ccn(C2(c3ccccc3)CCCc3c2ccc2c3ccc3ccccc32)c1. The van der Waals surface area contributed by atoms with E-state index >= 15 is 0 Å².